The summed E-state index contributed by atoms with van der Waals surface area (Å²) in [6.07, 6.45) is 9.57. The maximum atomic E-state index is 12.3. The highest BCUT2D eigenvalue weighted by Crippen LogP contribution is 2.23. The van der Waals surface area contributed by atoms with Gasteiger partial charge in [0.25, 0.3) is 10.2 Å². The normalized spacial score (nSPS) is 19.4. The van der Waals surface area contributed by atoms with Crippen LogP contribution in [0.25, 0.3) is 11.4 Å². The van der Waals surface area contributed by atoms with E-state index >= 15 is 0 Å². The third-order valence-electron chi connectivity index (χ3n) is 4.53. The van der Waals surface area contributed by atoms with Crippen molar-refractivity contribution in [3.8, 4) is 11.4 Å². The second kappa shape index (κ2) is 7.19. The fraction of sp³-hybridized carbons (Fsp3) is 0.562. The first-order valence-electron chi connectivity index (χ1n) is 8.33. The van der Waals surface area contributed by atoms with Crippen LogP contribution in [0.5, 0.6) is 0 Å². The second-order valence-corrected chi connectivity index (χ2v) is 8.79. The Labute approximate surface area is 148 Å². The molecule has 1 atom stereocenters. The largest absolute Gasteiger partial charge is 0.332 e. The Morgan fingerprint density at radius 1 is 1.24 bits per heavy atom. The number of imidazole rings is 1. The van der Waals surface area contributed by atoms with Crippen LogP contribution in [0.2, 0.25) is 0 Å². The summed E-state index contributed by atoms with van der Waals surface area (Å²) in [5, 5.41) is 0. The molecule has 0 aliphatic carbocycles. The summed E-state index contributed by atoms with van der Waals surface area (Å²) < 4.78 is 29.4. The van der Waals surface area contributed by atoms with Gasteiger partial charge in [0, 0.05) is 40.4 Å². The van der Waals surface area contributed by atoms with Gasteiger partial charge in [-0.2, -0.15) is 17.0 Å². The van der Waals surface area contributed by atoms with E-state index in [0.717, 1.165) is 36.3 Å². The van der Waals surface area contributed by atoms with Crippen LogP contribution in [0.1, 0.15) is 18.5 Å². The molecule has 0 aromatic carbocycles. The number of aryl methyl sites for hydroxylation is 1. The van der Waals surface area contributed by atoms with Crippen LogP contribution in [-0.2, 0) is 23.7 Å². The summed E-state index contributed by atoms with van der Waals surface area (Å²) in [5.41, 5.74) is 2.58. The molecular formula is C16H24N6O2S. The Morgan fingerprint density at radius 2 is 2.04 bits per heavy atom. The number of hydrogen-bond donors (Lipinski definition) is 0. The first kappa shape index (κ1) is 18.0. The molecular weight excluding hydrogens is 340 g/mol. The molecule has 8 nitrogen and oxygen atoms in total. The first-order chi connectivity index (χ1) is 11.9. The maximum absolute atomic E-state index is 12.3. The van der Waals surface area contributed by atoms with Crippen LogP contribution >= 0.6 is 0 Å². The van der Waals surface area contributed by atoms with Crippen LogP contribution in [-0.4, -0.2) is 63.7 Å². The van der Waals surface area contributed by atoms with Crippen molar-refractivity contribution in [3.63, 3.8) is 0 Å². The molecule has 9 heteroatoms. The molecule has 3 heterocycles. The van der Waals surface area contributed by atoms with Gasteiger partial charge in [-0.3, -0.25) is 4.98 Å². The van der Waals surface area contributed by atoms with E-state index in [2.05, 4.69) is 9.97 Å². The molecule has 0 unspecified atom stereocenters. The fourth-order valence-electron chi connectivity index (χ4n) is 3.16. The first-order valence-corrected chi connectivity index (χ1v) is 9.73. The topological polar surface area (TPSA) is 84.2 Å². The highest BCUT2D eigenvalue weighted by Gasteiger charge is 2.30. The maximum Gasteiger partial charge on any atom is 0.281 e. The molecule has 0 radical (unpaired) electrons. The molecule has 0 bridgehead atoms. The number of hydrogen-bond acceptors (Lipinski definition) is 5. The van der Waals surface area contributed by atoms with Crippen LogP contribution in [0.3, 0.4) is 0 Å². The molecule has 1 aliphatic heterocycles. The Kier molecular flexibility index (Phi) is 5.16. The minimum atomic E-state index is -3.36. The van der Waals surface area contributed by atoms with E-state index in [9.17, 15) is 8.42 Å². The average molecular weight is 364 g/mol. The van der Waals surface area contributed by atoms with E-state index in [1.165, 1.54) is 4.31 Å². The van der Waals surface area contributed by atoms with Crippen molar-refractivity contribution in [2.75, 3.05) is 27.2 Å². The van der Waals surface area contributed by atoms with Crippen LogP contribution < -0.4 is 0 Å². The Hall–Kier alpha value is -1.84. The van der Waals surface area contributed by atoms with Crippen molar-refractivity contribution in [1.82, 2.24) is 28.1 Å². The summed E-state index contributed by atoms with van der Waals surface area (Å²) >= 11 is 0. The molecule has 2 aromatic heterocycles. The van der Waals surface area contributed by atoms with E-state index in [1.807, 2.05) is 11.6 Å². The Bertz CT molecular complexity index is 833. The van der Waals surface area contributed by atoms with Gasteiger partial charge in [0.2, 0.25) is 0 Å². The lowest BCUT2D eigenvalue weighted by Crippen LogP contribution is -2.45. The van der Waals surface area contributed by atoms with Crippen molar-refractivity contribution in [2.45, 2.75) is 19.3 Å². The zero-order valence-corrected chi connectivity index (χ0v) is 15.6. The summed E-state index contributed by atoms with van der Waals surface area (Å²) in [4.78, 5) is 13.1. The molecule has 0 spiro atoms. The van der Waals surface area contributed by atoms with Crippen LogP contribution in [0.15, 0.2) is 24.9 Å². The van der Waals surface area contributed by atoms with Crippen molar-refractivity contribution in [3.05, 3.63) is 30.6 Å². The van der Waals surface area contributed by atoms with Crippen molar-refractivity contribution < 1.29 is 8.42 Å². The predicted molar refractivity (Wildman–Crippen MR) is 94.8 cm³/mol. The molecule has 3 rings (SSSR count). The van der Waals surface area contributed by atoms with Gasteiger partial charge in [0.1, 0.15) is 5.69 Å². The zero-order chi connectivity index (χ0) is 18.0. The third kappa shape index (κ3) is 3.88. The number of rotatable bonds is 5. The molecule has 1 saturated heterocycles. The SMILES string of the molecule is CN(C)S(=O)(=O)N1CCC[C@@H](Cc2cncc(-c3cncn3C)n2)C1. The van der Waals surface area contributed by atoms with Crippen molar-refractivity contribution >= 4 is 10.2 Å². The summed E-state index contributed by atoms with van der Waals surface area (Å²) in [7, 11) is 1.71. The number of piperidine rings is 1. The molecule has 2 aromatic rings. The quantitative estimate of drug-likeness (QED) is 0.788. The highest BCUT2D eigenvalue weighted by atomic mass is 32.2. The molecule has 0 N–H and O–H groups in total. The standard InChI is InChI=1S/C16H24N6O2S/c1-20(2)25(23,24)22-6-4-5-13(11-22)7-14-8-17-9-15(19-14)16-10-18-12-21(16)3/h8-10,12-13H,4-7,11H2,1-3H3/t13-/m0/s1. The van der Waals surface area contributed by atoms with Gasteiger partial charge in [-0.1, -0.05) is 0 Å². The Balaban J connectivity index is 1.73. The minimum absolute atomic E-state index is 0.250. The fourth-order valence-corrected chi connectivity index (χ4v) is 4.38. The summed E-state index contributed by atoms with van der Waals surface area (Å²) in [5.74, 6) is 0.250. The van der Waals surface area contributed by atoms with Gasteiger partial charge in [-0.25, -0.2) is 9.97 Å². The zero-order valence-electron chi connectivity index (χ0n) is 14.8. The van der Waals surface area contributed by atoms with E-state index in [4.69, 9.17) is 4.98 Å². The smallest absolute Gasteiger partial charge is 0.281 e. The summed E-state index contributed by atoms with van der Waals surface area (Å²) in [6.45, 7) is 1.11. The van der Waals surface area contributed by atoms with E-state index in [-0.39, 0.29) is 5.92 Å². The monoisotopic (exact) mass is 364 g/mol. The van der Waals surface area contributed by atoms with Gasteiger partial charge in [0.05, 0.1) is 30.1 Å². The molecule has 1 aliphatic rings. The highest BCUT2D eigenvalue weighted by molar-refractivity contribution is 7.86. The predicted octanol–water partition coefficient (Wildman–Crippen LogP) is 0.938. The second-order valence-electron chi connectivity index (χ2n) is 6.65. The lowest BCUT2D eigenvalue weighted by molar-refractivity contribution is 0.253. The van der Waals surface area contributed by atoms with E-state index in [0.29, 0.717) is 13.1 Å². The number of aromatic nitrogens is 4. The summed E-state index contributed by atoms with van der Waals surface area (Å²) in [6, 6.07) is 0. The van der Waals surface area contributed by atoms with E-state index in [1.54, 1.807) is 43.3 Å². The molecule has 136 valence electrons. The van der Waals surface area contributed by atoms with Gasteiger partial charge in [-0.05, 0) is 25.2 Å². The molecule has 0 saturated carbocycles. The van der Waals surface area contributed by atoms with Gasteiger partial charge < -0.3 is 4.57 Å². The van der Waals surface area contributed by atoms with Gasteiger partial charge >= 0.3 is 0 Å². The lowest BCUT2D eigenvalue weighted by Gasteiger charge is -2.33. The van der Waals surface area contributed by atoms with Gasteiger partial charge in [-0.15, -0.1) is 0 Å². The lowest BCUT2D eigenvalue weighted by atomic mass is 9.95. The van der Waals surface area contributed by atoms with E-state index < -0.39 is 10.2 Å². The molecule has 25 heavy (non-hydrogen) atoms. The van der Waals surface area contributed by atoms with Crippen LogP contribution in [0, 0.1) is 5.92 Å². The van der Waals surface area contributed by atoms with Crippen molar-refractivity contribution in [1.29, 1.82) is 0 Å². The average Bonchev–Trinajstić information content (AvgIpc) is 3.01. The van der Waals surface area contributed by atoms with Gasteiger partial charge in [0.15, 0.2) is 0 Å². The Morgan fingerprint density at radius 3 is 2.72 bits per heavy atom. The molecule has 0 amide bonds. The minimum Gasteiger partial charge on any atom is -0.332 e. The third-order valence-corrected chi connectivity index (χ3v) is 6.44. The molecule has 1 fully saturated rings. The van der Waals surface area contributed by atoms with Crippen LogP contribution in [0.4, 0.5) is 0 Å². The van der Waals surface area contributed by atoms with Crippen molar-refractivity contribution in [2.24, 2.45) is 13.0 Å². The number of nitrogens with zero attached hydrogens (tertiary/aromatic N) is 6.